The SMILES string of the molecule is CC(C)(C)C(=O)N1CCCC(NCC(F)(F)F)C1. The molecular formula is C12H21F3N2O. The van der Waals surface area contributed by atoms with Crippen molar-refractivity contribution in [1.29, 1.82) is 0 Å². The van der Waals surface area contributed by atoms with E-state index in [4.69, 9.17) is 0 Å². The number of rotatable bonds is 2. The number of nitrogens with one attached hydrogen (secondary N) is 1. The second kappa shape index (κ2) is 5.47. The maximum Gasteiger partial charge on any atom is 0.401 e. The molecule has 1 heterocycles. The number of nitrogens with zero attached hydrogens (tertiary/aromatic N) is 1. The molecule has 0 aromatic heterocycles. The van der Waals surface area contributed by atoms with Crippen LogP contribution in [0.25, 0.3) is 0 Å². The van der Waals surface area contributed by atoms with Gasteiger partial charge < -0.3 is 10.2 Å². The number of carbonyl (C=O) groups excluding carboxylic acids is 1. The number of hydrogen-bond donors (Lipinski definition) is 1. The third kappa shape index (κ3) is 4.84. The quantitative estimate of drug-likeness (QED) is 0.831. The molecule has 1 saturated heterocycles. The van der Waals surface area contributed by atoms with Crippen LogP contribution in [0.15, 0.2) is 0 Å². The molecule has 1 rings (SSSR count). The van der Waals surface area contributed by atoms with Crippen LogP contribution in [0, 0.1) is 5.41 Å². The Morgan fingerprint density at radius 3 is 2.44 bits per heavy atom. The molecule has 1 fully saturated rings. The second-order valence-corrected chi connectivity index (χ2v) is 5.84. The summed E-state index contributed by atoms with van der Waals surface area (Å²) in [7, 11) is 0. The molecule has 6 heteroatoms. The van der Waals surface area contributed by atoms with Crippen molar-refractivity contribution in [2.45, 2.75) is 45.8 Å². The zero-order chi connectivity index (χ0) is 14.0. The largest absolute Gasteiger partial charge is 0.401 e. The summed E-state index contributed by atoms with van der Waals surface area (Å²) in [6.07, 6.45) is -2.77. The van der Waals surface area contributed by atoms with Crippen LogP contribution in [0.2, 0.25) is 0 Å². The Morgan fingerprint density at radius 2 is 1.94 bits per heavy atom. The number of likely N-dealkylation sites (tertiary alicyclic amines) is 1. The van der Waals surface area contributed by atoms with Crippen molar-refractivity contribution in [2.24, 2.45) is 5.41 Å². The monoisotopic (exact) mass is 266 g/mol. The second-order valence-electron chi connectivity index (χ2n) is 5.84. The van der Waals surface area contributed by atoms with Gasteiger partial charge in [-0.15, -0.1) is 0 Å². The van der Waals surface area contributed by atoms with E-state index < -0.39 is 18.1 Å². The molecule has 0 aromatic rings. The first-order valence-corrected chi connectivity index (χ1v) is 6.19. The number of piperidine rings is 1. The fraction of sp³-hybridized carbons (Fsp3) is 0.917. The molecule has 106 valence electrons. The number of alkyl halides is 3. The van der Waals surface area contributed by atoms with Crippen molar-refractivity contribution < 1.29 is 18.0 Å². The number of hydrogen-bond acceptors (Lipinski definition) is 2. The highest BCUT2D eigenvalue weighted by molar-refractivity contribution is 5.81. The molecule has 0 aliphatic carbocycles. The summed E-state index contributed by atoms with van der Waals surface area (Å²) in [5, 5.41) is 2.48. The fourth-order valence-corrected chi connectivity index (χ4v) is 2.06. The molecule has 0 radical (unpaired) electrons. The zero-order valence-corrected chi connectivity index (χ0v) is 11.1. The van der Waals surface area contributed by atoms with Gasteiger partial charge in [0.2, 0.25) is 5.91 Å². The lowest BCUT2D eigenvalue weighted by atomic mass is 9.93. The lowest BCUT2D eigenvalue weighted by molar-refractivity contribution is -0.141. The highest BCUT2D eigenvalue weighted by atomic mass is 19.4. The summed E-state index contributed by atoms with van der Waals surface area (Å²) in [5.74, 6) is 0.000934. The summed E-state index contributed by atoms with van der Waals surface area (Å²) in [6.45, 7) is 5.48. The van der Waals surface area contributed by atoms with Crippen molar-refractivity contribution in [1.82, 2.24) is 10.2 Å². The molecule has 1 N–H and O–H groups in total. The van der Waals surface area contributed by atoms with Gasteiger partial charge in [0.1, 0.15) is 0 Å². The first kappa shape index (κ1) is 15.3. The number of amides is 1. The molecular weight excluding hydrogens is 245 g/mol. The number of halogens is 3. The van der Waals surface area contributed by atoms with Gasteiger partial charge in [0.25, 0.3) is 0 Å². The van der Waals surface area contributed by atoms with E-state index in [0.29, 0.717) is 19.5 Å². The lowest BCUT2D eigenvalue weighted by Gasteiger charge is -2.36. The smallest absolute Gasteiger partial charge is 0.341 e. The summed E-state index contributed by atoms with van der Waals surface area (Å²) in [6, 6.07) is -0.258. The Morgan fingerprint density at radius 1 is 1.33 bits per heavy atom. The summed E-state index contributed by atoms with van der Waals surface area (Å²) in [5.41, 5.74) is -0.480. The van der Waals surface area contributed by atoms with Crippen LogP contribution in [0.5, 0.6) is 0 Å². The summed E-state index contributed by atoms with van der Waals surface area (Å²) in [4.78, 5) is 13.7. The van der Waals surface area contributed by atoms with Crippen LogP contribution < -0.4 is 5.32 Å². The zero-order valence-electron chi connectivity index (χ0n) is 11.1. The molecule has 0 spiro atoms. The molecule has 1 unspecified atom stereocenters. The van der Waals surface area contributed by atoms with Crippen LogP contribution in [-0.2, 0) is 4.79 Å². The van der Waals surface area contributed by atoms with Crippen LogP contribution in [0.3, 0.4) is 0 Å². The molecule has 1 aliphatic heterocycles. The minimum atomic E-state index is -4.20. The molecule has 3 nitrogen and oxygen atoms in total. The predicted molar refractivity (Wildman–Crippen MR) is 63.1 cm³/mol. The van der Waals surface area contributed by atoms with Crippen molar-refractivity contribution in [3.05, 3.63) is 0 Å². The van der Waals surface area contributed by atoms with Gasteiger partial charge in [-0.1, -0.05) is 20.8 Å². The summed E-state index contributed by atoms with van der Waals surface area (Å²) < 4.78 is 36.3. The Hall–Kier alpha value is -0.780. The van der Waals surface area contributed by atoms with Gasteiger partial charge in [0.15, 0.2) is 0 Å². The van der Waals surface area contributed by atoms with Gasteiger partial charge in [-0.25, -0.2) is 0 Å². The minimum absolute atomic E-state index is 0.000934. The van der Waals surface area contributed by atoms with Crippen molar-refractivity contribution in [2.75, 3.05) is 19.6 Å². The standard InChI is InChI=1S/C12H21F3N2O/c1-11(2,3)10(18)17-6-4-5-9(7-17)16-8-12(13,14)15/h9,16H,4-8H2,1-3H3. The molecule has 1 aliphatic rings. The average molecular weight is 266 g/mol. The van der Waals surface area contributed by atoms with Crippen molar-refractivity contribution in [3.8, 4) is 0 Å². The van der Waals surface area contributed by atoms with Crippen LogP contribution in [-0.4, -0.2) is 42.7 Å². The predicted octanol–water partition coefficient (Wildman–Crippen LogP) is 2.18. The van der Waals surface area contributed by atoms with E-state index in [0.717, 1.165) is 6.42 Å². The van der Waals surface area contributed by atoms with Gasteiger partial charge >= 0.3 is 6.18 Å². The Balaban J connectivity index is 2.49. The van der Waals surface area contributed by atoms with E-state index in [1.165, 1.54) is 0 Å². The first-order valence-electron chi connectivity index (χ1n) is 6.19. The van der Waals surface area contributed by atoms with Crippen LogP contribution >= 0.6 is 0 Å². The Bertz CT molecular complexity index is 297. The molecule has 1 atom stereocenters. The highest BCUT2D eigenvalue weighted by Gasteiger charge is 2.33. The van der Waals surface area contributed by atoms with Crippen LogP contribution in [0.1, 0.15) is 33.6 Å². The Labute approximate surface area is 106 Å². The van der Waals surface area contributed by atoms with Gasteiger partial charge in [-0.3, -0.25) is 4.79 Å². The normalized spacial score (nSPS) is 22.1. The maximum absolute atomic E-state index is 12.1. The Kier molecular flexibility index (Phi) is 4.64. The van der Waals surface area contributed by atoms with Gasteiger partial charge in [0.05, 0.1) is 6.54 Å². The van der Waals surface area contributed by atoms with E-state index in [1.54, 1.807) is 4.90 Å². The minimum Gasteiger partial charge on any atom is -0.341 e. The van der Waals surface area contributed by atoms with Crippen molar-refractivity contribution >= 4 is 5.91 Å². The maximum atomic E-state index is 12.1. The third-order valence-electron chi connectivity index (χ3n) is 2.94. The van der Waals surface area contributed by atoms with Gasteiger partial charge in [0, 0.05) is 24.5 Å². The van der Waals surface area contributed by atoms with E-state index in [9.17, 15) is 18.0 Å². The third-order valence-corrected chi connectivity index (χ3v) is 2.94. The van der Waals surface area contributed by atoms with E-state index in [2.05, 4.69) is 5.32 Å². The molecule has 0 aromatic carbocycles. The van der Waals surface area contributed by atoms with E-state index in [-0.39, 0.29) is 11.9 Å². The van der Waals surface area contributed by atoms with Crippen LogP contribution in [0.4, 0.5) is 13.2 Å². The van der Waals surface area contributed by atoms with E-state index in [1.807, 2.05) is 20.8 Å². The molecule has 1 amide bonds. The van der Waals surface area contributed by atoms with Gasteiger partial charge in [-0.05, 0) is 12.8 Å². The topological polar surface area (TPSA) is 32.3 Å². The highest BCUT2D eigenvalue weighted by Crippen LogP contribution is 2.21. The molecule has 18 heavy (non-hydrogen) atoms. The lowest BCUT2D eigenvalue weighted by Crippen LogP contribution is -2.52. The first-order chi connectivity index (χ1) is 8.09. The summed E-state index contributed by atoms with van der Waals surface area (Å²) >= 11 is 0. The fourth-order valence-electron chi connectivity index (χ4n) is 2.06. The van der Waals surface area contributed by atoms with Crippen molar-refractivity contribution in [3.63, 3.8) is 0 Å². The van der Waals surface area contributed by atoms with Gasteiger partial charge in [-0.2, -0.15) is 13.2 Å². The average Bonchev–Trinajstić information content (AvgIpc) is 2.23. The van der Waals surface area contributed by atoms with E-state index >= 15 is 0 Å². The molecule has 0 saturated carbocycles. The number of carbonyl (C=O) groups is 1. The molecule has 0 bridgehead atoms.